The van der Waals surface area contributed by atoms with Gasteiger partial charge in [-0.05, 0) is 17.7 Å². The van der Waals surface area contributed by atoms with E-state index in [0.717, 1.165) is 0 Å². The van der Waals surface area contributed by atoms with Gasteiger partial charge in [-0.15, -0.1) is 0 Å². The van der Waals surface area contributed by atoms with Crippen LogP contribution in [-0.4, -0.2) is 23.0 Å². The number of benzene rings is 1. The second-order valence-electron chi connectivity index (χ2n) is 2.23. The van der Waals surface area contributed by atoms with Crippen LogP contribution in [-0.2, 0) is 11.2 Å². The van der Waals surface area contributed by atoms with Gasteiger partial charge in [0.05, 0.1) is 6.37 Å². The number of carboxylic acid groups (broad SMARTS) is 1. The highest BCUT2D eigenvalue weighted by atomic mass is 16.6. The van der Waals surface area contributed by atoms with Crippen molar-refractivity contribution in [1.29, 1.82) is 0 Å². The zero-order valence-electron chi connectivity index (χ0n) is 8.73. The number of ether oxygens (including phenoxy) is 1. The van der Waals surface area contributed by atoms with E-state index in [2.05, 4.69) is 0 Å². The topological polar surface area (TPSA) is 66.8 Å². The SMILES string of the molecule is [2H]C([2H])(C(=O)O)c1ccc(OCO)cc1. The van der Waals surface area contributed by atoms with Crippen molar-refractivity contribution in [1.82, 2.24) is 0 Å². The largest absolute Gasteiger partial charge is 0.481 e. The monoisotopic (exact) mass is 184 g/mol. The van der Waals surface area contributed by atoms with Gasteiger partial charge in [-0.3, -0.25) is 4.79 Å². The van der Waals surface area contributed by atoms with Crippen LogP contribution >= 0.6 is 0 Å². The van der Waals surface area contributed by atoms with Gasteiger partial charge in [0.15, 0.2) is 6.79 Å². The zero-order valence-corrected chi connectivity index (χ0v) is 6.73. The Balaban J connectivity index is 2.93. The molecule has 0 unspecified atom stereocenters. The fourth-order valence-corrected chi connectivity index (χ4v) is 0.833. The van der Waals surface area contributed by atoms with Gasteiger partial charge in [0.25, 0.3) is 0 Å². The molecule has 1 rings (SSSR count). The van der Waals surface area contributed by atoms with Gasteiger partial charge >= 0.3 is 5.97 Å². The third-order valence-electron chi connectivity index (χ3n) is 1.34. The van der Waals surface area contributed by atoms with E-state index in [1.807, 2.05) is 0 Å². The Morgan fingerprint density at radius 3 is 2.54 bits per heavy atom. The molecule has 0 spiro atoms. The molecule has 0 aliphatic rings. The summed E-state index contributed by atoms with van der Waals surface area (Å²) in [5.41, 5.74) is 0.0280. The van der Waals surface area contributed by atoms with Crippen LogP contribution in [0.1, 0.15) is 8.30 Å². The van der Waals surface area contributed by atoms with Crippen LogP contribution in [0.4, 0.5) is 0 Å². The molecule has 1 aromatic rings. The van der Waals surface area contributed by atoms with Crippen LogP contribution < -0.4 is 4.74 Å². The van der Waals surface area contributed by atoms with Crippen LogP contribution in [0.2, 0.25) is 0 Å². The molecular formula is C9H10O4. The minimum absolute atomic E-state index is 0.0280. The summed E-state index contributed by atoms with van der Waals surface area (Å²) in [6.07, 6.45) is -2.42. The number of aliphatic carboxylic acids is 1. The zero-order chi connectivity index (χ0) is 11.5. The molecule has 0 heterocycles. The Morgan fingerprint density at radius 1 is 1.46 bits per heavy atom. The first-order chi connectivity index (χ1) is 6.98. The van der Waals surface area contributed by atoms with Crippen LogP contribution in [0.15, 0.2) is 24.3 Å². The third kappa shape index (κ3) is 3.13. The number of carboxylic acids is 1. The minimum Gasteiger partial charge on any atom is -0.481 e. The van der Waals surface area contributed by atoms with Crippen molar-refractivity contribution < 1.29 is 22.5 Å². The molecule has 2 N–H and O–H groups in total. The van der Waals surface area contributed by atoms with E-state index in [1.54, 1.807) is 0 Å². The number of hydrogen-bond acceptors (Lipinski definition) is 3. The number of aliphatic hydroxyl groups is 1. The van der Waals surface area contributed by atoms with Gasteiger partial charge in [0, 0.05) is 2.74 Å². The van der Waals surface area contributed by atoms with Crippen molar-refractivity contribution in [3.05, 3.63) is 29.8 Å². The van der Waals surface area contributed by atoms with Crippen LogP contribution in [0, 0.1) is 0 Å². The molecule has 0 fully saturated rings. The normalized spacial score (nSPS) is 13.0. The Morgan fingerprint density at radius 2 is 2.08 bits per heavy atom. The molecule has 0 amide bonds. The predicted molar refractivity (Wildman–Crippen MR) is 45.5 cm³/mol. The maximum Gasteiger partial charge on any atom is 0.307 e. The molecule has 0 atom stereocenters. The van der Waals surface area contributed by atoms with Crippen molar-refractivity contribution >= 4 is 5.97 Å². The van der Waals surface area contributed by atoms with Gasteiger partial charge in [-0.1, -0.05) is 12.1 Å². The van der Waals surface area contributed by atoms with E-state index in [9.17, 15) is 4.79 Å². The van der Waals surface area contributed by atoms with Crippen LogP contribution in [0.25, 0.3) is 0 Å². The summed E-state index contributed by atoms with van der Waals surface area (Å²) >= 11 is 0. The maximum atomic E-state index is 10.6. The first kappa shape index (κ1) is 6.91. The molecule has 0 saturated heterocycles. The van der Waals surface area contributed by atoms with Crippen molar-refractivity contribution in [3.63, 3.8) is 0 Å². The number of rotatable bonds is 4. The number of carbonyl (C=O) groups is 1. The Labute approximate surface area is 78.2 Å². The fraction of sp³-hybridized carbons (Fsp3) is 0.222. The van der Waals surface area contributed by atoms with Gasteiger partial charge in [0.1, 0.15) is 5.75 Å². The minimum atomic E-state index is -2.42. The van der Waals surface area contributed by atoms with Gasteiger partial charge in [0.2, 0.25) is 0 Å². The van der Waals surface area contributed by atoms with Crippen molar-refractivity contribution in [2.75, 3.05) is 6.79 Å². The van der Waals surface area contributed by atoms with Crippen LogP contribution in [0.3, 0.4) is 0 Å². The van der Waals surface area contributed by atoms with E-state index in [4.69, 9.17) is 17.7 Å². The molecule has 70 valence electrons. The summed E-state index contributed by atoms with van der Waals surface area (Å²) < 4.78 is 19.3. The highest BCUT2D eigenvalue weighted by Crippen LogP contribution is 2.11. The quantitative estimate of drug-likeness (QED) is 0.674. The molecule has 4 heteroatoms. The lowest BCUT2D eigenvalue weighted by atomic mass is 10.1. The summed E-state index contributed by atoms with van der Waals surface area (Å²) in [7, 11) is 0. The van der Waals surface area contributed by atoms with Gasteiger partial charge in [-0.25, -0.2) is 0 Å². The van der Waals surface area contributed by atoms with Gasteiger partial charge in [-0.2, -0.15) is 0 Å². The average Bonchev–Trinajstić information content (AvgIpc) is 2.19. The Hall–Kier alpha value is -1.55. The Kier molecular flexibility index (Phi) is 2.38. The molecule has 0 aromatic heterocycles. The van der Waals surface area contributed by atoms with Crippen molar-refractivity contribution in [3.8, 4) is 5.75 Å². The molecule has 0 bridgehead atoms. The first-order valence-corrected chi connectivity index (χ1v) is 3.56. The lowest BCUT2D eigenvalue weighted by Gasteiger charge is -2.02. The van der Waals surface area contributed by atoms with E-state index in [-0.39, 0.29) is 5.56 Å². The van der Waals surface area contributed by atoms with Crippen LogP contribution in [0.5, 0.6) is 5.75 Å². The lowest BCUT2D eigenvalue weighted by molar-refractivity contribution is -0.136. The number of aliphatic hydroxyl groups excluding tert-OH is 1. The van der Waals surface area contributed by atoms with Crippen molar-refractivity contribution in [2.24, 2.45) is 0 Å². The second kappa shape index (κ2) is 4.47. The molecule has 0 aliphatic heterocycles. The number of hydrogen-bond donors (Lipinski definition) is 2. The second-order valence-corrected chi connectivity index (χ2v) is 2.23. The van der Waals surface area contributed by atoms with E-state index >= 15 is 0 Å². The average molecular weight is 184 g/mol. The standard InChI is InChI=1S/C9H10O4/c10-6-13-8-3-1-7(2-4-8)5-9(11)12/h1-4,10H,5-6H2,(H,11,12)/i5D2. The molecule has 0 aliphatic carbocycles. The van der Waals surface area contributed by atoms with Gasteiger partial charge < -0.3 is 14.9 Å². The van der Waals surface area contributed by atoms with E-state index in [1.165, 1.54) is 24.3 Å². The van der Waals surface area contributed by atoms with Crippen molar-refractivity contribution in [2.45, 2.75) is 6.37 Å². The first-order valence-electron chi connectivity index (χ1n) is 4.56. The summed E-state index contributed by atoms with van der Waals surface area (Å²) in [5.74, 6) is -1.19. The molecule has 1 aromatic carbocycles. The maximum absolute atomic E-state index is 10.6. The predicted octanol–water partition coefficient (Wildman–Crippen LogP) is 0.642. The smallest absolute Gasteiger partial charge is 0.307 e. The van der Waals surface area contributed by atoms with E-state index in [0.29, 0.717) is 5.75 Å². The summed E-state index contributed by atoms with van der Waals surface area (Å²) in [5, 5.41) is 17.1. The fourth-order valence-electron chi connectivity index (χ4n) is 0.833. The summed E-state index contributed by atoms with van der Waals surface area (Å²) in [6, 6.07) is 5.40. The summed E-state index contributed by atoms with van der Waals surface area (Å²) in [4.78, 5) is 10.6. The lowest BCUT2D eigenvalue weighted by Crippen LogP contribution is -2.00. The molecular weight excluding hydrogens is 172 g/mol. The summed E-state index contributed by atoms with van der Waals surface area (Å²) in [6.45, 7) is -0.481. The highest BCUT2D eigenvalue weighted by Gasteiger charge is 1.99. The third-order valence-corrected chi connectivity index (χ3v) is 1.34. The Bertz CT molecular complexity index is 348. The van der Waals surface area contributed by atoms with E-state index < -0.39 is 19.1 Å². The molecule has 0 radical (unpaired) electrons. The molecule has 4 nitrogen and oxygen atoms in total. The highest BCUT2D eigenvalue weighted by molar-refractivity contribution is 5.70. The molecule has 13 heavy (non-hydrogen) atoms. The molecule has 0 saturated carbocycles.